The smallest absolute Gasteiger partial charge is 0.158 e. The number of benzene rings is 2. The highest BCUT2D eigenvalue weighted by atomic mass is 19.1. The molecule has 1 aliphatic rings. The number of nitrogens with zero attached hydrogens (tertiary/aromatic N) is 3. The molecule has 0 atom stereocenters. The van der Waals surface area contributed by atoms with Crippen molar-refractivity contribution < 1.29 is 9.13 Å². The number of halogens is 1. The van der Waals surface area contributed by atoms with Gasteiger partial charge in [0.2, 0.25) is 0 Å². The highest BCUT2D eigenvalue weighted by Crippen LogP contribution is 2.30. The van der Waals surface area contributed by atoms with Crippen LogP contribution in [-0.4, -0.2) is 21.7 Å². The Morgan fingerprint density at radius 2 is 1.87 bits per heavy atom. The largest absolute Gasteiger partial charge is 0.497 e. The molecule has 2 aromatic carbocycles. The first kappa shape index (κ1) is 18.6. The maximum Gasteiger partial charge on any atom is 0.158 e. The van der Waals surface area contributed by atoms with Gasteiger partial charge in [-0.1, -0.05) is 18.2 Å². The van der Waals surface area contributed by atoms with Crippen LogP contribution < -0.4 is 10.1 Å². The van der Waals surface area contributed by atoms with Crippen molar-refractivity contribution in [1.82, 2.24) is 14.6 Å². The van der Waals surface area contributed by atoms with Crippen LogP contribution in [0.4, 0.5) is 10.2 Å². The minimum atomic E-state index is -0.205. The van der Waals surface area contributed by atoms with E-state index in [2.05, 4.69) is 5.32 Å². The third kappa shape index (κ3) is 3.38. The fourth-order valence-electron chi connectivity index (χ4n) is 4.05. The molecule has 5 rings (SSSR count). The van der Waals surface area contributed by atoms with E-state index < -0.39 is 0 Å². The first-order valence-electron chi connectivity index (χ1n) is 10.3. The Bertz CT molecular complexity index is 1200. The van der Waals surface area contributed by atoms with Gasteiger partial charge in [0.1, 0.15) is 17.4 Å². The van der Waals surface area contributed by atoms with Crippen LogP contribution in [0.3, 0.4) is 0 Å². The van der Waals surface area contributed by atoms with Crippen LogP contribution in [0.5, 0.6) is 5.75 Å². The van der Waals surface area contributed by atoms with Crippen molar-refractivity contribution in [2.45, 2.75) is 32.2 Å². The molecule has 0 fully saturated rings. The topological polar surface area (TPSA) is 51.5 Å². The van der Waals surface area contributed by atoms with Gasteiger partial charge in [0.25, 0.3) is 0 Å². The molecule has 0 radical (unpaired) electrons. The summed E-state index contributed by atoms with van der Waals surface area (Å²) in [6.45, 7) is 0.399. The number of rotatable bonds is 5. The number of fused-ring (bicyclic) bond motifs is 2. The van der Waals surface area contributed by atoms with Crippen molar-refractivity contribution in [2.75, 3.05) is 12.4 Å². The molecule has 5 nitrogen and oxygen atoms in total. The summed E-state index contributed by atoms with van der Waals surface area (Å²) in [6, 6.07) is 16.7. The highest BCUT2D eigenvalue weighted by molar-refractivity contribution is 5.67. The number of aromatic nitrogens is 3. The summed E-state index contributed by atoms with van der Waals surface area (Å²) in [6.07, 6.45) is 4.18. The van der Waals surface area contributed by atoms with Crippen LogP contribution in [-0.2, 0) is 19.4 Å². The van der Waals surface area contributed by atoms with Crippen molar-refractivity contribution in [3.05, 3.63) is 77.2 Å². The summed E-state index contributed by atoms with van der Waals surface area (Å²) >= 11 is 0. The molecule has 6 heteroatoms. The van der Waals surface area contributed by atoms with Gasteiger partial charge in [-0.05, 0) is 56.0 Å². The molecule has 0 spiro atoms. The van der Waals surface area contributed by atoms with Gasteiger partial charge in [-0.3, -0.25) is 0 Å². The molecule has 30 heavy (non-hydrogen) atoms. The van der Waals surface area contributed by atoms with E-state index in [1.807, 2.05) is 40.9 Å². The van der Waals surface area contributed by atoms with E-state index in [0.29, 0.717) is 12.1 Å². The molecule has 0 saturated carbocycles. The minimum absolute atomic E-state index is 0.205. The highest BCUT2D eigenvalue weighted by Gasteiger charge is 2.20. The van der Waals surface area contributed by atoms with Crippen LogP contribution in [0.2, 0.25) is 0 Å². The Labute approximate surface area is 174 Å². The molecule has 2 heterocycles. The Kier molecular flexibility index (Phi) is 4.83. The van der Waals surface area contributed by atoms with Crippen LogP contribution in [0, 0.1) is 5.82 Å². The second-order valence-electron chi connectivity index (χ2n) is 7.57. The maximum absolute atomic E-state index is 14.1. The minimum Gasteiger partial charge on any atom is -0.497 e. The molecule has 0 amide bonds. The van der Waals surface area contributed by atoms with E-state index in [4.69, 9.17) is 14.8 Å². The quantitative estimate of drug-likeness (QED) is 0.508. The van der Waals surface area contributed by atoms with Gasteiger partial charge in [0, 0.05) is 35.0 Å². The molecule has 152 valence electrons. The zero-order valence-corrected chi connectivity index (χ0v) is 16.9. The number of methoxy groups -OCH3 is 1. The lowest BCUT2D eigenvalue weighted by Gasteiger charge is -2.20. The third-order valence-corrected chi connectivity index (χ3v) is 5.67. The Balaban J connectivity index is 1.57. The van der Waals surface area contributed by atoms with E-state index in [1.54, 1.807) is 19.2 Å². The van der Waals surface area contributed by atoms with Crippen LogP contribution in [0.15, 0.2) is 54.6 Å². The predicted molar refractivity (Wildman–Crippen MR) is 115 cm³/mol. The van der Waals surface area contributed by atoms with Crippen molar-refractivity contribution in [3.63, 3.8) is 0 Å². The fourth-order valence-corrected chi connectivity index (χ4v) is 4.05. The zero-order valence-electron chi connectivity index (χ0n) is 16.9. The SMILES string of the molecule is COc1ccc(-c2cc3nc4c(c(NCc5ccccc5F)n3n2)CCCC4)cc1. The van der Waals surface area contributed by atoms with E-state index >= 15 is 0 Å². The zero-order chi connectivity index (χ0) is 20.5. The number of ether oxygens (including phenoxy) is 1. The van der Waals surface area contributed by atoms with Crippen LogP contribution >= 0.6 is 0 Å². The Hall–Kier alpha value is -3.41. The van der Waals surface area contributed by atoms with Gasteiger partial charge in [-0.15, -0.1) is 0 Å². The number of hydrogen-bond acceptors (Lipinski definition) is 4. The predicted octanol–water partition coefficient (Wildman–Crippen LogP) is 5.03. The molecule has 0 saturated heterocycles. The molecule has 2 aromatic heterocycles. The lowest BCUT2D eigenvalue weighted by Crippen LogP contribution is -2.15. The summed E-state index contributed by atoms with van der Waals surface area (Å²) in [5.41, 5.74) is 5.59. The standard InChI is InChI=1S/C24H23FN4O/c1-30-18-12-10-16(11-13-18)22-14-23-27-21-9-5-3-7-19(21)24(29(23)28-22)26-15-17-6-2-4-8-20(17)25/h2,4,6,8,10-14,26H,3,5,7,9,15H2,1H3. The van der Waals surface area contributed by atoms with Gasteiger partial charge in [0.15, 0.2) is 5.65 Å². The number of nitrogens with one attached hydrogen (secondary N) is 1. The van der Waals surface area contributed by atoms with E-state index in [9.17, 15) is 4.39 Å². The molecular formula is C24H23FN4O. The normalized spacial score (nSPS) is 13.3. The number of hydrogen-bond donors (Lipinski definition) is 1. The van der Waals surface area contributed by atoms with Gasteiger partial charge in [-0.25, -0.2) is 9.37 Å². The van der Waals surface area contributed by atoms with Gasteiger partial charge < -0.3 is 10.1 Å². The van der Waals surface area contributed by atoms with Crippen LogP contribution in [0.1, 0.15) is 29.7 Å². The van der Waals surface area contributed by atoms with Crippen molar-refractivity contribution >= 4 is 11.5 Å². The molecule has 1 aliphatic carbocycles. The van der Waals surface area contributed by atoms with E-state index in [0.717, 1.165) is 59.8 Å². The third-order valence-electron chi connectivity index (χ3n) is 5.67. The van der Waals surface area contributed by atoms with Crippen LogP contribution in [0.25, 0.3) is 16.9 Å². The molecule has 0 bridgehead atoms. The molecule has 4 aromatic rings. The summed E-state index contributed by atoms with van der Waals surface area (Å²) < 4.78 is 21.3. The van der Waals surface area contributed by atoms with Crippen molar-refractivity contribution in [3.8, 4) is 17.0 Å². The number of aryl methyl sites for hydroxylation is 1. The van der Waals surface area contributed by atoms with Gasteiger partial charge in [-0.2, -0.15) is 9.61 Å². The van der Waals surface area contributed by atoms with Crippen molar-refractivity contribution in [1.29, 1.82) is 0 Å². The monoisotopic (exact) mass is 402 g/mol. The van der Waals surface area contributed by atoms with Gasteiger partial charge >= 0.3 is 0 Å². The summed E-state index contributed by atoms with van der Waals surface area (Å²) in [7, 11) is 1.65. The van der Waals surface area contributed by atoms with E-state index in [-0.39, 0.29) is 5.82 Å². The number of anilines is 1. The molecule has 1 N–H and O–H groups in total. The summed E-state index contributed by atoms with van der Waals surface area (Å²) in [5, 5.41) is 8.29. The van der Waals surface area contributed by atoms with Gasteiger partial charge in [0.05, 0.1) is 12.8 Å². The average Bonchev–Trinajstić information content (AvgIpc) is 3.21. The maximum atomic E-state index is 14.1. The summed E-state index contributed by atoms with van der Waals surface area (Å²) in [5.74, 6) is 1.52. The second kappa shape index (κ2) is 7.78. The molecule has 0 unspecified atom stereocenters. The first-order chi connectivity index (χ1) is 14.7. The Morgan fingerprint density at radius 3 is 2.67 bits per heavy atom. The lowest BCUT2D eigenvalue weighted by molar-refractivity contribution is 0.415. The Morgan fingerprint density at radius 1 is 1.07 bits per heavy atom. The average molecular weight is 402 g/mol. The molecule has 0 aliphatic heterocycles. The lowest BCUT2D eigenvalue weighted by atomic mass is 9.96. The fraction of sp³-hybridized carbons (Fsp3) is 0.250. The van der Waals surface area contributed by atoms with Crippen molar-refractivity contribution in [2.24, 2.45) is 0 Å². The van der Waals surface area contributed by atoms with E-state index in [1.165, 1.54) is 11.6 Å². The molecular weight excluding hydrogens is 379 g/mol. The summed E-state index contributed by atoms with van der Waals surface area (Å²) in [4.78, 5) is 4.89. The second-order valence-corrected chi connectivity index (χ2v) is 7.57. The first-order valence-corrected chi connectivity index (χ1v) is 10.3.